The Morgan fingerprint density at radius 1 is 1.24 bits per heavy atom. The molecule has 9 nitrogen and oxygen atoms in total. The van der Waals surface area contributed by atoms with Crippen LogP contribution in [0.25, 0.3) is 6.08 Å². The van der Waals surface area contributed by atoms with Gasteiger partial charge in [0.15, 0.2) is 0 Å². The molecule has 4 N–H and O–H groups in total. The highest BCUT2D eigenvalue weighted by Gasteiger charge is 2.43. The van der Waals surface area contributed by atoms with Gasteiger partial charge in [0.1, 0.15) is 11.8 Å². The van der Waals surface area contributed by atoms with Gasteiger partial charge in [-0.3, -0.25) is 19.2 Å². The van der Waals surface area contributed by atoms with E-state index in [4.69, 9.17) is 10.5 Å². The second kappa shape index (κ2) is 9.15. The number of nitrogens with one attached hydrogen (secondary N) is 2. The summed E-state index contributed by atoms with van der Waals surface area (Å²) >= 11 is 0. The topological polar surface area (TPSA) is 131 Å². The number of ether oxygens (including phenoxy) is 1. The summed E-state index contributed by atoms with van der Waals surface area (Å²) in [4.78, 5) is 51.2. The number of carbonyl (C=O) groups is 4. The highest BCUT2D eigenvalue weighted by atomic mass is 16.5. The van der Waals surface area contributed by atoms with Gasteiger partial charge in [-0.2, -0.15) is 0 Å². The number of benzene rings is 2. The van der Waals surface area contributed by atoms with Crippen LogP contribution in [0.2, 0.25) is 0 Å². The molecule has 2 aliphatic heterocycles. The lowest BCUT2D eigenvalue weighted by atomic mass is 10.1. The Bertz CT molecular complexity index is 1160. The maximum absolute atomic E-state index is 13.2. The number of para-hydroxylation sites is 1. The van der Waals surface area contributed by atoms with E-state index in [2.05, 4.69) is 10.6 Å². The van der Waals surface area contributed by atoms with E-state index in [1.54, 1.807) is 31.4 Å². The lowest BCUT2D eigenvalue weighted by Crippen LogP contribution is -2.41. The standard InChI is InChI=1S/C24H24N4O5/c1-33-20-5-3-2-4-15(20)11-22(30)26-16-12-19-23(31)27-18-8-6-14(7-9-21(25)29)10-17(18)24(32)28(19)13-16/h2-10,16,19H,11-13H2,1H3,(H2,25,29)(H,26,30)(H,27,31). The fourth-order valence-corrected chi connectivity index (χ4v) is 4.21. The van der Waals surface area contributed by atoms with Crippen LogP contribution in [0.3, 0.4) is 0 Å². The van der Waals surface area contributed by atoms with Gasteiger partial charge in [-0.05, 0) is 36.3 Å². The predicted octanol–water partition coefficient (Wildman–Crippen LogP) is 1.09. The molecule has 1 fully saturated rings. The molecule has 0 spiro atoms. The molecule has 2 aromatic rings. The van der Waals surface area contributed by atoms with Crippen molar-refractivity contribution in [3.8, 4) is 5.75 Å². The van der Waals surface area contributed by atoms with Crippen LogP contribution in [0.15, 0.2) is 48.5 Å². The van der Waals surface area contributed by atoms with Crippen LogP contribution in [-0.4, -0.2) is 54.3 Å². The van der Waals surface area contributed by atoms with Crippen LogP contribution in [-0.2, 0) is 20.8 Å². The van der Waals surface area contributed by atoms with Crippen LogP contribution in [0.4, 0.5) is 5.69 Å². The van der Waals surface area contributed by atoms with Crippen LogP contribution in [0.5, 0.6) is 5.75 Å². The predicted molar refractivity (Wildman–Crippen MR) is 121 cm³/mol. The zero-order chi connectivity index (χ0) is 23.5. The summed E-state index contributed by atoms with van der Waals surface area (Å²) in [5, 5.41) is 5.73. The van der Waals surface area contributed by atoms with Gasteiger partial charge in [0.2, 0.25) is 17.7 Å². The number of primary amides is 1. The SMILES string of the molecule is COc1ccccc1CC(=O)NC1CC2C(=O)Nc3ccc(C=CC(N)=O)cc3C(=O)N2C1. The van der Waals surface area contributed by atoms with E-state index in [1.165, 1.54) is 17.1 Å². The van der Waals surface area contributed by atoms with Gasteiger partial charge in [-0.15, -0.1) is 0 Å². The summed E-state index contributed by atoms with van der Waals surface area (Å²) in [6.07, 6.45) is 3.15. The van der Waals surface area contributed by atoms with Crippen LogP contribution in [0, 0.1) is 0 Å². The van der Waals surface area contributed by atoms with Crippen molar-refractivity contribution in [3.05, 3.63) is 65.2 Å². The van der Waals surface area contributed by atoms with Gasteiger partial charge in [-0.1, -0.05) is 24.3 Å². The molecule has 2 heterocycles. The van der Waals surface area contributed by atoms with E-state index in [0.717, 1.165) is 5.56 Å². The number of fused-ring (bicyclic) bond motifs is 2. The van der Waals surface area contributed by atoms with E-state index >= 15 is 0 Å². The third kappa shape index (κ3) is 4.72. The first-order chi connectivity index (χ1) is 15.9. The van der Waals surface area contributed by atoms with Crippen molar-refractivity contribution in [2.45, 2.75) is 24.9 Å². The summed E-state index contributed by atoms with van der Waals surface area (Å²) in [5.74, 6) is -0.807. The van der Waals surface area contributed by atoms with Crippen molar-refractivity contribution < 1.29 is 23.9 Å². The number of methoxy groups -OCH3 is 1. The number of carbonyl (C=O) groups excluding carboxylic acids is 4. The number of rotatable bonds is 6. The van der Waals surface area contributed by atoms with E-state index in [-0.39, 0.29) is 36.7 Å². The van der Waals surface area contributed by atoms with Crippen molar-refractivity contribution in [2.24, 2.45) is 5.73 Å². The Labute approximate surface area is 190 Å². The maximum Gasteiger partial charge on any atom is 0.256 e. The van der Waals surface area contributed by atoms with E-state index in [0.29, 0.717) is 29.0 Å². The second-order valence-electron chi connectivity index (χ2n) is 7.99. The smallest absolute Gasteiger partial charge is 0.256 e. The van der Waals surface area contributed by atoms with Crippen LogP contribution >= 0.6 is 0 Å². The van der Waals surface area contributed by atoms with Crippen molar-refractivity contribution in [1.29, 1.82) is 0 Å². The second-order valence-corrected chi connectivity index (χ2v) is 7.99. The van der Waals surface area contributed by atoms with Gasteiger partial charge in [0, 0.05) is 24.2 Å². The molecule has 0 bridgehead atoms. The number of anilines is 1. The van der Waals surface area contributed by atoms with Gasteiger partial charge < -0.3 is 26.0 Å². The largest absolute Gasteiger partial charge is 0.496 e. The van der Waals surface area contributed by atoms with Crippen LogP contribution in [0.1, 0.15) is 27.9 Å². The highest BCUT2D eigenvalue weighted by Crippen LogP contribution is 2.30. The summed E-state index contributed by atoms with van der Waals surface area (Å²) in [6, 6.07) is 11.1. The highest BCUT2D eigenvalue weighted by molar-refractivity contribution is 6.10. The zero-order valence-corrected chi connectivity index (χ0v) is 18.0. The number of hydrogen-bond donors (Lipinski definition) is 3. The molecule has 0 aromatic heterocycles. The number of amides is 4. The molecule has 9 heteroatoms. The molecule has 2 unspecified atom stereocenters. The fourth-order valence-electron chi connectivity index (χ4n) is 4.21. The Morgan fingerprint density at radius 3 is 2.79 bits per heavy atom. The Kier molecular flexibility index (Phi) is 6.12. The summed E-state index contributed by atoms with van der Waals surface area (Å²) < 4.78 is 5.29. The molecule has 1 saturated heterocycles. The van der Waals surface area contributed by atoms with Gasteiger partial charge in [0.25, 0.3) is 5.91 Å². The molecule has 0 saturated carbocycles. The number of hydrogen-bond acceptors (Lipinski definition) is 5. The molecule has 170 valence electrons. The fraction of sp³-hybridized carbons (Fsp3) is 0.250. The first-order valence-electron chi connectivity index (χ1n) is 10.5. The van der Waals surface area contributed by atoms with E-state index < -0.39 is 11.9 Å². The minimum Gasteiger partial charge on any atom is -0.496 e. The van der Waals surface area contributed by atoms with Crippen molar-refractivity contribution >= 4 is 35.4 Å². The number of nitrogens with two attached hydrogens (primary N) is 1. The Hall–Kier alpha value is -4.14. The Morgan fingerprint density at radius 2 is 2.03 bits per heavy atom. The van der Waals surface area contributed by atoms with E-state index in [1.807, 2.05) is 18.2 Å². The normalized spacial score (nSPS) is 19.5. The number of nitrogens with zero attached hydrogens (tertiary/aromatic N) is 1. The molecule has 33 heavy (non-hydrogen) atoms. The molecule has 2 aromatic carbocycles. The average Bonchev–Trinajstić information content (AvgIpc) is 3.18. The third-order valence-corrected chi connectivity index (χ3v) is 5.75. The quantitative estimate of drug-likeness (QED) is 0.570. The minimum atomic E-state index is -0.689. The van der Waals surface area contributed by atoms with Crippen molar-refractivity contribution in [2.75, 3.05) is 19.0 Å². The monoisotopic (exact) mass is 448 g/mol. The first kappa shape index (κ1) is 22.1. The molecule has 4 rings (SSSR count). The maximum atomic E-state index is 13.2. The molecule has 4 amide bonds. The average molecular weight is 448 g/mol. The lowest BCUT2D eigenvalue weighted by molar-refractivity contribution is -0.121. The van der Waals surface area contributed by atoms with Crippen molar-refractivity contribution in [3.63, 3.8) is 0 Å². The Balaban J connectivity index is 1.49. The first-order valence-corrected chi connectivity index (χ1v) is 10.5. The zero-order valence-electron chi connectivity index (χ0n) is 18.0. The third-order valence-electron chi connectivity index (χ3n) is 5.75. The molecular formula is C24H24N4O5. The molecule has 2 aliphatic rings. The molecule has 0 radical (unpaired) electrons. The van der Waals surface area contributed by atoms with Gasteiger partial charge in [-0.25, -0.2) is 0 Å². The van der Waals surface area contributed by atoms with E-state index in [9.17, 15) is 19.2 Å². The van der Waals surface area contributed by atoms with Crippen LogP contribution < -0.4 is 21.1 Å². The molecule has 0 aliphatic carbocycles. The van der Waals surface area contributed by atoms with Gasteiger partial charge in [0.05, 0.1) is 24.8 Å². The summed E-state index contributed by atoms with van der Waals surface area (Å²) in [5.41, 5.74) is 7.23. The molecule has 2 atom stereocenters. The van der Waals surface area contributed by atoms with Crippen molar-refractivity contribution in [1.82, 2.24) is 10.2 Å². The summed E-state index contributed by atoms with van der Waals surface area (Å²) in [7, 11) is 1.55. The minimum absolute atomic E-state index is 0.129. The summed E-state index contributed by atoms with van der Waals surface area (Å²) in [6.45, 7) is 0.218. The van der Waals surface area contributed by atoms with Gasteiger partial charge >= 0.3 is 0 Å². The molecular weight excluding hydrogens is 424 g/mol. The lowest BCUT2D eigenvalue weighted by Gasteiger charge is -2.20.